The molecule has 13 amide bonds. The van der Waals surface area contributed by atoms with E-state index in [2.05, 4.69) is 73.8 Å². The molecule has 0 aliphatic carbocycles. The molecule has 8 rings (SSSR count). The molecule has 20 N–H and O–H groups in total. The third-order valence-corrected chi connectivity index (χ3v) is 27.8. The summed E-state index contributed by atoms with van der Waals surface area (Å²) in [5.74, 6) is -16.3. The highest BCUT2D eigenvalue weighted by Gasteiger charge is 2.45. The summed E-state index contributed by atoms with van der Waals surface area (Å²) in [4.78, 5) is 262. The zero-order valence-electron chi connectivity index (χ0n) is 86.3. The molecule has 0 saturated carbocycles. The Morgan fingerprint density at radius 3 is 1.64 bits per heavy atom. The first-order valence-corrected chi connectivity index (χ1v) is 53.4. The molecule has 46 nitrogen and oxygen atoms in total. The third kappa shape index (κ3) is 43.3. The second kappa shape index (κ2) is 63.2. The average molecular weight is 2160 g/mol. The third-order valence-electron chi connectivity index (χ3n) is 25.4. The van der Waals surface area contributed by atoms with E-state index in [9.17, 15) is 97.8 Å². The summed E-state index contributed by atoms with van der Waals surface area (Å²) < 4.78 is 16.9. The van der Waals surface area contributed by atoms with Crippen molar-refractivity contribution in [2.45, 2.75) is 216 Å². The molecule has 3 aliphatic rings. The number of aromatic amines is 2. The van der Waals surface area contributed by atoms with Crippen LogP contribution in [0.1, 0.15) is 148 Å². The van der Waals surface area contributed by atoms with E-state index >= 15 is 19.2 Å². The Bertz CT molecular complexity index is 5350. The van der Waals surface area contributed by atoms with Gasteiger partial charge in [0.1, 0.15) is 59.9 Å². The van der Waals surface area contributed by atoms with E-state index in [-0.39, 0.29) is 178 Å². The fourth-order valence-electron chi connectivity index (χ4n) is 17.2. The van der Waals surface area contributed by atoms with E-state index in [1.807, 2.05) is 56.9 Å². The molecule has 3 aliphatic heterocycles. The Balaban J connectivity index is 0.882. The molecular weight excluding hydrogens is 2010 g/mol. The predicted molar refractivity (Wildman–Crippen MR) is 558 cm³/mol. The maximum atomic E-state index is 15.8. The van der Waals surface area contributed by atoms with Gasteiger partial charge in [-0.25, -0.2) is 0 Å². The number of carboxylic acids is 5. The zero-order valence-corrected chi connectivity index (χ0v) is 88.7. The Morgan fingerprint density at radius 2 is 1.06 bits per heavy atom. The normalized spacial score (nSPS) is 19.2. The number of ether oxygens (including phenoxy) is 3. The summed E-state index contributed by atoms with van der Waals surface area (Å²) in [6.07, 6.45) is -1.41. The van der Waals surface area contributed by atoms with Crippen LogP contribution >= 0.6 is 35.1 Å². The van der Waals surface area contributed by atoms with Crippen LogP contribution in [0.3, 0.4) is 0 Å². The lowest BCUT2D eigenvalue weighted by molar-refractivity contribution is -0.143. The van der Waals surface area contributed by atoms with Crippen molar-refractivity contribution in [1.29, 1.82) is 0 Å². The van der Waals surface area contributed by atoms with Gasteiger partial charge in [0, 0.05) is 193 Å². The summed E-state index contributed by atoms with van der Waals surface area (Å²) in [5.41, 5.74) is 2.05. The van der Waals surface area contributed by atoms with Crippen LogP contribution in [0.4, 0.5) is 0 Å². The van der Waals surface area contributed by atoms with Crippen molar-refractivity contribution in [3.8, 4) is 0 Å². The molecule has 3 aromatic carbocycles. The SMILES string of the molecule is CC[C@H](C)[C@@H]1NC(=O)[C@H](CC(C)C)NC(=O)C(C)(C)NC(=O)[C@@H](NC(=O)[C@@H](CC(C)C)NC(=O)[C@H](CCC(=O)O)NC(=O)[C@@H]2C[C@@H](O)CN2C(=O)[C@H](Cc2c[nH]c3ccc(Cl)cc23)NC(=O)[C@H](Cc2c[nH]c3ccccc23)NC(=O)[C@H](CC(=O)O)NC(=O)CCC(=O)NCCCOCCOCCOCCCNC(=O)CN2CCN(CC(=O)O)CCN(CC(=O)O)CCN(CC(=O)O)CC2)CSCc2cccc(c2)CSCCNC1=O. The number of fused-ring (bicyclic) bond motifs is 4. The number of H-pyrrole nitrogens is 2. The van der Waals surface area contributed by atoms with E-state index in [1.165, 1.54) is 25.6 Å². The number of nitrogens with one attached hydrogen (secondary N) is 14. The van der Waals surface area contributed by atoms with Gasteiger partial charge < -0.3 is 124 Å². The largest absolute Gasteiger partial charge is 0.481 e. The number of carbonyl (C=O) groups excluding carboxylic acids is 13. The molecule has 0 unspecified atom stereocenters. The highest BCUT2D eigenvalue weighted by atomic mass is 35.5. The number of carbonyl (C=O) groups is 18. The summed E-state index contributed by atoms with van der Waals surface area (Å²) >= 11 is 9.40. The molecule has 2 bridgehead atoms. The Morgan fingerprint density at radius 1 is 0.527 bits per heavy atom. The Kier molecular flexibility index (Phi) is 51.9. The summed E-state index contributed by atoms with van der Waals surface area (Å²) in [6, 6.07) is 5.72. The van der Waals surface area contributed by atoms with Crippen LogP contribution in [0.15, 0.2) is 79.1 Å². The maximum Gasteiger partial charge on any atom is 0.317 e. The quantitative estimate of drug-likeness (QED) is 0.0241. The van der Waals surface area contributed by atoms with Crippen LogP contribution in [0.2, 0.25) is 5.02 Å². The molecule has 0 spiro atoms. The molecule has 2 aromatic heterocycles. The smallest absolute Gasteiger partial charge is 0.317 e. The number of β-amino-alcohol motifs (C(OH)–C–C–N with tert-alkyl or cyclic N) is 1. The second-order valence-electron chi connectivity index (χ2n) is 39.1. The zero-order chi connectivity index (χ0) is 110. The standard InChI is InChI=1S/C101H148ClN19O27S2/c1-9-63(6)90-98(143)105-27-42-149-58-64-15-12-16-65(45-64)59-150-60-80(96(141)116-101(7,8)100(145)114-76(44-62(4)5)95(140)115-90)113-92(137)75(43-61(2)3)110-91(136)74(21-24-85(126)127)109-97(142)81-49-69(122)53-121(81)99(144)79(47-67-52-107-73-20-19-68(102)48-71(67)73)112-93(138)77(46-66-51-106-72-18-11-10-17-70(66)72)111-94(139)78(50-86(128)129)108-83(124)23-22-82(123)103-25-13-36-146-38-40-148-41-39-147-37-14-26-104-84(125)54-117-28-30-118(55-87(130)131)32-34-120(57-89(134)135)35-33-119(31-29-117)56-88(132)133/h10-12,15-20,45,48,51-52,61-63,69,74-81,90,106-107,122H,9,13-14,21-44,46-47,49-50,53-60H2,1-8H3,(H,103,123)(H,104,125)(H,105,143)(H,108,124)(H,109,142)(H,110,136)(H,111,139)(H,112,138)(H,113,137)(H,114,145)(H,115,140)(H,116,141)(H,126,127)(H,128,129)(H,130,131)(H,132,133)(H,134,135)/t63-,69+,74-,75+,76-,77-,78-,79-,80-,81-,90-/m0/s1. The van der Waals surface area contributed by atoms with Gasteiger partial charge in [-0.1, -0.05) is 102 Å². The van der Waals surface area contributed by atoms with Gasteiger partial charge in [-0.15, -0.1) is 0 Å². The fourth-order valence-corrected chi connectivity index (χ4v) is 19.2. The molecule has 49 heteroatoms. The number of hydrogen-bond donors (Lipinski definition) is 20. The molecule has 5 heterocycles. The van der Waals surface area contributed by atoms with Crippen LogP contribution in [0, 0.1) is 17.8 Å². The van der Waals surface area contributed by atoms with Crippen molar-refractivity contribution in [3.63, 3.8) is 0 Å². The molecule has 2 saturated heterocycles. The fraction of sp³-hybridized carbons (Fsp3) is 0.604. The number of aromatic nitrogens is 2. The topological polar surface area (TPSA) is 648 Å². The predicted octanol–water partition coefficient (Wildman–Crippen LogP) is 0.915. The highest BCUT2D eigenvalue weighted by Crippen LogP contribution is 2.29. The first-order valence-electron chi connectivity index (χ1n) is 50.7. The number of likely N-dealkylation sites (tertiary alicyclic amines) is 1. The van der Waals surface area contributed by atoms with Gasteiger partial charge in [0.15, 0.2) is 0 Å². The van der Waals surface area contributed by atoms with Crippen molar-refractivity contribution in [2.75, 3.05) is 156 Å². The monoisotopic (exact) mass is 2160 g/mol. The van der Waals surface area contributed by atoms with Crippen LogP contribution in [-0.2, 0) is 125 Å². The van der Waals surface area contributed by atoms with Crippen molar-refractivity contribution >= 4 is 164 Å². The van der Waals surface area contributed by atoms with Crippen molar-refractivity contribution in [2.24, 2.45) is 17.8 Å². The first kappa shape index (κ1) is 123. The summed E-state index contributed by atoms with van der Waals surface area (Å²) in [7, 11) is 0. The first-order chi connectivity index (χ1) is 71.4. The van der Waals surface area contributed by atoms with Crippen LogP contribution in [0.5, 0.6) is 0 Å². The van der Waals surface area contributed by atoms with Gasteiger partial charge in [-0.2, -0.15) is 23.5 Å². The van der Waals surface area contributed by atoms with Gasteiger partial charge in [-0.05, 0) is 110 Å². The molecule has 2 fully saturated rings. The number of aliphatic hydroxyl groups is 1. The number of nitrogens with zero attached hydrogens (tertiary/aromatic N) is 5. The molecule has 0 radical (unpaired) electrons. The number of hydrogen-bond acceptors (Lipinski definition) is 28. The molecule has 828 valence electrons. The number of carboxylic acid groups (broad SMARTS) is 5. The van der Waals surface area contributed by atoms with E-state index in [0.717, 1.165) is 16.0 Å². The number of rotatable bonds is 52. The Labute approximate surface area is 884 Å². The summed E-state index contributed by atoms with van der Waals surface area (Å²) in [5, 5.41) is 94.4. The van der Waals surface area contributed by atoms with E-state index < -0.39 is 206 Å². The number of aliphatic carboxylic acids is 5. The average Bonchev–Trinajstić information content (AvgIpc) is 1.69. The molecular formula is C101H148ClN19O27S2. The van der Waals surface area contributed by atoms with Crippen LogP contribution < -0.4 is 63.8 Å². The maximum absolute atomic E-state index is 15.8. The molecule has 5 aromatic rings. The van der Waals surface area contributed by atoms with E-state index in [0.29, 0.717) is 95.7 Å². The van der Waals surface area contributed by atoms with Gasteiger partial charge in [0.2, 0.25) is 76.8 Å². The second-order valence-corrected chi connectivity index (χ2v) is 41.7. The lowest BCUT2D eigenvalue weighted by Gasteiger charge is -2.32. The van der Waals surface area contributed by atoms with Crippen molar-refractivity contribution < 1.29 is 131 Å². The van der Waals surface area contributed by atoms with Gasteiger partial charge >= 0.3 is 29.8 Å². The number of para-hydroxylation sites is 1. The lowest BCUT2D eigenvalue weighted by Crippen LogP contribution is -2.64. The number of benzene rings is 3. The minimum absolute atomic E-state index is 0.0353. The Hall–Kier alpha value is -12.1. The van der Waals surface area contributed by atoms with Gasteiger partial charge in [-0.3, -0.25) is 106 Å². The van der Waals surface area contributed by atoms with Crippen LogP contribution in [0.25, 0.3) is 21.8 Å². The summed E-state index contributed by atoms with van der Waals surface area (Å²) in [6.45, 7) is 16.5. The highest BCUT2D eigenvalue weighted by molar-refractivity contribution is 7.98. The van der Waals surface area contributed by atoms with Gasteiger partial charge in [0.25, 0.3) is 0 Å². The lowest BCUT2D eigenvalue weighted by atomic mass is 9.96. The van der Waals surface area contributed by atoms with E-state index in [1.54, 1.807) is 95.2 Å². The number of aliphatic hydroxyl groups excluding tert-OH is 1. The number of halogens is 1. The van der Waals surface area contributed by atoms with Crippen molar-refractivity contribution in [3.05, 3.63) is 106 Å². The van der Waals surface area contributed by atoms with E-state index in [4.69, 9.17) is 25.8 Å². The van der Waals surface area contributed by atoms with Crippen LogP contribution in [-0.4, -0.2) is 394 Å². The van der Waals surface area contributed by atoms with Crippen molar-refractivity contribution in [1.82, 2.24) is 98.3 Å². The number of amides is 13. The molecule has 11 atom stereocenters. The van der Waals surface area contributed by atoms with Gasteiger partial charge in [0.05, 0.1) is 65.1 Å². The minimum atomic E-state index is -1.87. The molecule has 150 heavy (non-hydrogen) atoms. The minimum Gasteiger partial charge on any atom is -0.481 e. The number of thioether (sulfide) groups is 2.